The number of alkyl halides is 1. The Morgan fingerprint density at radius 1 is 1.33 bits per heavy atom. The summed E-state index contributed by atoms with van der Waals surface area (Å²) in [5, 5.41) is -0.0561. The average Bonchev–Trinajstić information content (AvgIpc) is 2.76. The molecule has 1 aromatic heterocycles. The maximum absolute atomic E-state index is 12.3. The summed E-state index contributed by atoms with van der Waals surface area (Å²) in [5.41, 5.74) is 0. The molecule has 102 valence electrons. The molecule has 7 heteroatoms. The number of hydrogen-bond acceptors (Lipinski definition) is 4. The fourth-order valence-corrected chi connectivity index (χ4v) is 3.69. The van der Waals surface area contributed by atoms with E-state index < -0.39 is 10.0 Å². The first-order chi connectivity index (χ1) is 8.43. The third kappa shape index (κ3) is 2.71. The van der Waals surface area contributed by atoms with Gasteiger partial charge in [-0.1, -0.05) is 0 Å². The fourth-order valence-electron chi connectivity index (χ4n) is 2.02. The van der Waals surface area contributed by atoms with Crippen LogP contribution < -0.4 is 0 Å². The number of sulfonamides is 1. The fraction of sp³-hybridized carbons (Fsp3) is 0.636. The van der Waals surface area contributed by atoms with Gasteiger partial charge in [0.2, 0.25) is 5.09 Å². The quantitative estimate of drug-likeness (QED) is 0.798. The molecule has 0 spiro atoms. The van der Waals surface area contributed by atoms with Crippen molar-refractivity contribution in [1.82, 2.24) is 4.31 Å². The third-order valence-electron chi connectivity index (χ3n) is 2.75. The van der Waals surface area contributed by atoms with Gasteiger partial charge in [0.05, 0.1) is 18.1 Å². The van der Waals surface area contributed by atoms with E-state index in [-0.39, 0.29) is 23.2 Å². The van der Waals surface area contributed by atoms with Crippen LogP contribution in [-0.4, -0.2) is 38.0 Å². The van der Waals surface area contributed by atoms with Crippen LogP contribution in [0.3, 0.4) is 0 Å². The molecule has 2 unspecified atom stereocenters. The molecular weight excluding hydrogens is 278 g/mol. The Labute approximate surface area is 112 Å². The van der Waals surface area contributed by atoms with Crippen molar-refractivity contribution in [3.05, 3.63) is 17.9 Å². The predicted octanol–water partition coefficient (Wildman–Crippen LogP) is 1.82. The molecule has 0 bridgehead atoms. The summed E-state index contributed by atoms with van der Waals surface area (Å²) in [4.78, 5) is 0. The zero-order valence-corrected chi connectivity index (χ0v) is 11.9. The van der Waals surface area contributed by atoms with Gasteiger partial charge in [-0.3, -0.25) is 0 Å². The van der Waals surface area contributed by atoms with E-state index in [1.165, 1.54) is 10.4 Å². The SMILES string of the molecule is CC1CN(S(=O)(=O)c2ccc(CCl)o2)CC(C)O1. The number of nitrogens with zero attached hydrogens (tertiary/aromatic N) is 1. The predicted molar refractivity (Wildman–Crippen MR) is 67.0 cm³/mol. The first kappa shape index (κ1) is 13.9. The number of morpholine rings is 1. The van der Waals surface area contributed by atoms with Crippen molar-refractivity contribution in [2.24, 2.45) is 0 Å². The van der Waals surface area contributed by atoms with Crippen molar-refractivity contribution in [1.29, 1.82) is 0 Å². The van der Waals surface area contributed by atoms with Gasteiger partial charge in [-0.15, -0.1) is 11.6 Å². The summed E-state index contributed by atoms with van der Waals surface area (Å²) >= 11 is 5.60. The van der Waals surface area contributed by atoms with Crippen molar-refractivity contribution in [3.63, 3.8) is 0 Å². The Morgan fingerprint density at radius 2 is 1.94 bits per heavy atom. The van der Waals surface area contributed by atoms with E-state index in [9.17, 15) is 8.42 Å². The monoisotopic (exact) mass is 293 g/mol. The van der Waals surface area contributed by atoms with Gasteiger partial charge in [0.15, 0.2) is 0 Å². The Balaban J connectivity index is 2.25. The van der Waals surface area contributed by atoms with Crippen molar-refractivity contribution >= 4 is 21.6 Å². The molecule has 0 amide bonds. The Morgan fingerprint density at radius 3 is 2.44 bits per heavy atom. The van der Waals surface area contributed by atoms with Gasteiger partial charge in [0, 0.05) is 13.1 Å². The molecule has 0 aromatic carbocycles. The first-order valence-corrected chi connectivity index (χ1v) is 7.71. The second-order valence-electron chi connectivity index (χ2n) is 4.43. The van der Waals surface area contributed by atoms with Gasteiger partial charge in [0.1, 0.15) is 5.76 Å². The maximum atomic E-state index is 12.3. The largest absolute Gasteiger partial charge is 0.447 e. The zero-order valence-electron chi connectivity index (χ0n) is 10.3. The van der Waals surface area contributed by atoms with Crippen LogP contribution in [0.5, 0.6) is 0 Å². The van der Waals surface area contributed by atoms with Crippen molar-refractivity contribution < 1.29 is 17.6 Å². The van der Waals surface area contributed by atoms with Crippen LogP contribution in [0.15, 0.2) is 21.6 Å². The second kappa shape index (κ2) is 5.21. The molecular formula is C11H16ClNO4S. The number of hydrogen-bond donors (Lipinski definition) is 0. The lowest BCUT2D eigenvalue weighted by molar-refractivity contribution is -0.0443. The van der Waals surface area contributed by atoms with E-state index in [1.807, 2.05) is 13.8 Å². The van der Waals surface area contributed by atoms with Crippen LogP contribution in [0.2, 0.25) is 0 Å². The Hall–Kier alpha value is -0.560. The van der Waals surface area contributed by atoms with Crippen LogP contribution >= 0.6 is 11.6 Å². The van der Waals surface area contributed by atoms with Crippen molar-refractivity contribution in [2.75, 3.05) is 13.1 Å². The highest BCUT2D eigenvalue weighted by molar-refractivity contribution is 7.89. The highest BCUT2D eigenvalue weighted by Crippen LogP contribution is 2.23. The third-order valence-corrected chi connectivity index (χ3v) is 4.72. The summed E-state index contributed by atoms with van der Waals surface area (Å²) in [6, 6.07) is 3.02. The van der Waals surface area contributed by atoms with E-state index in [0.29, 0.717) is 18.8 Å². The summed E-state index contributed by atoms with van der Waals surface area (Å²) in [6.45, 7) is 4.38. The highest BCUT2D eigenvalue weighted by atomic mass is 35.5. The summed E-state index contributed by atoms with van der Waals surface area (Å²) in [5.74, 6) is 0.607. The second-order valence-corrected chi connectivity index (χ2v) is 6.57. The molecule has 5 nitrogen and oxygen atoms in total. The van der Waals surface area contributed by atoms with Crippen LogP contribution in [0.4, 0.5) is 0 Å². The Kier molecular flexibility index (Phi) is 4.01. The smallest absolute Gasteiger partial charge is 0.276 e. The molecule has 2 heterocycles. The van der Waals surface area contributed by atoms with E-state index in [4.69, 9.17) is 20.8 Å². The van der Waals surface area contributed by atoms with E-state index in [1.54, 1.807) is 6.07 Å². The minimum Gasteiger partial charge on any atom is -0.447 e. The molecule has 2 rings (SSSR count). The van der Waals surface area contributed by atoms with Crippen LogP contribution in [0.25, 0.3) is 0 Å². The van der Waals surface area contributed by atoms with Gasteiger partial charge in [-0.05, 0) is 26.0 Å². The number of rotatable bonds is 3. The molecule has 18 heavy (non-hydrogen) atoms. The van der Waals surface area contributed by atoms with Gasteiger partial charge >= 0.3 is 0 Å². The number of furan rings is 1. The molecule has 0 saturated carbocycles. The topological polar surface area (TPSA) is 59.8 Å². The standard InChI is InChI=1S/C11H16ClNO4S/c1-8-6-13(7-9(2)16-8)18(14,15)11-4-3-10(5-12)17-11/h3-4,8-9H,5-7H2,1-2H3. The van der Waals surface area contributed by atoms with Crippen LogP contribution in [0, 0.1) is 0 Å². The molecule has 0 radical (unpaired) electrons. The van der Waals surface area contributed by atoms with Crippen molar-refractivity contribution in [2.45, 2.75) is 37.0 Å². The lowest BCUT2D eigenvalue weighted by Crippen LogP contribution is -2.47. The van der Waals surface area contributed by atoms with Gasteiger partial charge in [0.25, 0.3) is 10.0 Å². The van der Waals surface area contributed by atoms with Crippen molar-refractivity contribution in [3.8, 4) is 0 Å². The molecule has 1 aliphatic rings. The number of halogens is 1. The first-order valence-electron chi connectivity index (χ1n) is 5.73. The maximum Gasteiger partial charge on any atom is 0.276 e. The lowest BCUT2D eigenvalue weighted by atomic mass is 10.3. The molecule has 2 atom stereocenters. The molecule has 0 N–H and O–H groups in total. The minimum absolute atomic E-state index is 0.0561. The summed E-state index contributed by atoms with van der Waals surface area (Å²) < 4.78 is 36.8. The molecule has 1 aromatic rings. The summed E-state index contributed by atoms with van der Waals surface area (Å²) in [7, 11) is -3.59. The molecule has 1 saturated heterocycles. The Bertz CT molecular complexity index is 503. The van der Waals surface area contributed by atoms with Gasteiger partial charge < -0.3 is 9.15 Å². The summed E-state index contributed by atoms with van der Waals surface area (Å²) in [6.07, 6.45) is -0.239. The molecule has 0 aliphatic carbocycles. The molecule has 1 fully saturated rings. The van der Waals surface area contributed by atoms with Crippen LogP contribution in [-0.2, 0) is 20.6 Å². The van der Waals surface area contributed by atoms with Gasteiger partial charge in [-0.25, -0.2) is 8.42 Å². The molecule has 1 aliphatic heterocycles. The lowest BCUT2D eigenvalue weighted by Gasteiger charge is -2.33. The van der Waals surface area contributed by atoms with E-state index in [2.05, 4.69) is 0 Å². The normalized spacial score (nSPS) is 26.4. The van der Waals surface area contributed by atoms with E-state index >= 15 is 0 Å². The van der Waals surface area contributed by atoms with Crippen LogP contribution in [0.1, 0.15) is 19.6 Å². The van der Waals surface area contributed by atoms with E-state index in [0.717, 1.165) is 0 Å². The van der Waals surface area contributed by atoms with Gasteiger partial charge in [-0.2, -0.15) is 4.31 Å². The zero-order chi connectivity index (χ0) is 13.3. The highest BCUT2D eigenvalue weighted by Gasteiger charge is 2.34. The minimum atomic E-state index is -3.59. The average molecular weight is 294 g/mol. The number of ether oxygens (including phenoxy) is 1.